The Hall–Kier alpha value is -3.83. The van der Waals surface area contributed by atoms with E-state index < -0.39 is 103 Å². The van der Waals surface area contributed by atoms with E-state index in [1.165, 1.54) is 13.8 Å². The molecule has 6 atom stereocenters. The topological polar surface area (TPSA) is 292 Å². The van der Waals surface area contributed by atoms with Gasteiger partial charge in [-0.3, -0.25) is 28.8 Å². The summed E-state index contributed by atoms with van der Waals surface area (Å²) >= 11 is 0. The van der Waals surface area contributed by atoms with Crippen molar-refractivity contribution in [3.63, 3.8) is 0 Å². The fourth-order valence-corrected chi connectivity index (χ4v) is 3.54. The molecule has 0 aromatic heterocycles. The lowest BCUT2D eigenvalue weighted by Gasteiger charge is -2.26. The molecule has 0 aromatic rings. The smallest absolute Gasteiger partial charge is 0.326 e. The highest BCUT2D eigenvalue weighted by atomic mass is 16.4. The Morgan fingerprint density at radius 2 is 1.33 bits per heavy atom. The summed E-state index contributed by atoms with van der Waals surface area (Å²) in [6.07, 6.45) is -0.810. The van der Waals surface area contributed by atoms with Crippen LogP contribution in [0.1, 0.15) is 59.8 Å². The minimum absolute atomic E-state index is 0.342. The van der Waals surface area contributed by atoms with Crippen LogP contribution in [-0.2, 0) is 33.6 Å². The van der Waals surface area contributed by atoms with Gasteiger partial charge in [-0.2, -0.15) is 0 Å². The normalized spacial score (nSPS) is 15.2. The van der Waals surface area contributed by atoms with Crippen molar-refractivity contribution in [1.82, 2.24) is 26.6 Å². The number of unbranched alkanes of at least 4 members (excludes halogenated alkanes) is 1. The molecule has 17 nitrogen and oxygen atoms in total. The van der Waals surface area contributed by atoms with Gasteiger partial charge in [0.25, 0.3) is 0 Å². The van der Waals surface area contributed by atoms with Gasteiger partial charge >= 0.3 is 11.9 Å². The molecule has 0 aromatic carbocycles. The van der Waals surface area contributed by atoms with E-state index in [0.717, 1.165) is 0 Å². The molecule has 12 N–H and O–H groups in total. The first kappa shape index (κ1) is 38.2. The third-order valence-electron chi connectivity index (χ3n) is 6.07. The van der Waals surface area contributed by atoms with Crippen molar-refractivity contribution in [2.45, 2.75) is 96.1 Å². The number of nitrogens with two attached hydrogens (primary N) is 2. The molecule has 0 aliphatic rings. The second-order valence-electron chi connectivity index (χ2n) is 10.2. The number of hydrogen-bond donors (Lipinski definition) is 10. The highest BCUT2D eigenvalue weighted by molar-refractivity contribution is 5.96. The summed E-state index contributed by atoms with van der Waals surface area (Å²) < 4.78 is 0. The maximum Gasteiger partial charge on any atom is 0.326 e. The highest BCUT2D eigenvalue weighted by Crippen LogP contribution is 2.04. The van der Waals surface area contributed by atoms with Crippen molar-refractivity contribution < 1.29 is 48.9 Å². The van der Waals surface area contributed by atoms with E-state index in [9.17, 15) is 43.8 Å². The zero-order chi connectivity index (χ0) is 32.6. The van der Waals surface area contributed by atoms with Crippen LogP contribution in [0.4, 0.5) is 0 Å². The summed E-state index contributed by atoms with van der Waals surface area (Å²) in [4.78, 5) is 85.1. The number of aliphatic hydroxyl groups is 1. The van der Waals surface area contributed by atoms with E-state index in [2.05, 4.69) is 26.6 Å². The van der Waals surface area contributed by atoms with Gasteiger partial charge in [0.1, 0.15) is 24.2 Å². The van der Waals surface area contributed by atoms with Crippen molar-refractivity contribution in [2.75, 3.05) is 13.1 Å². The van der Waals surface area contributed by atoms with Crippen LogP contribution < -0.4 is 38.1 Å². The number of carboxylic acids is 2. The van der Waals surface area contributed by atoms with Crippen LogP contribution in [-0.4, -0.2) is 106 Å². The molecule has 0 spiro atoms. The first-order valence-electron chi connectivity index (χ1n) is 13.6. The van der Waals surface area contributed by atoms with Crippen LogP contribution in [0.3, 0.4) is 0 Å². The number of carbonyl (C=O) groups excluding carboxylic acids is 5. The van der Waals surface area contributed by atoms with Crippen LogP contribution in [0.5, 0.6) is 0 Å². The van der Waals surface area contributed by atoms with Crippen LogP contribution in [0, 0.1) is 5.92 Å². The number of aliphatic hydroxyl groups excluding tert-OH is 1. The third kappa shape index (κ3) is 14.7. The van der Waals surface area contributed by atoms with E-state index in [1.807, 2.05) is 0 Å². The Morgan fingerprint density at radius 1 is 0.738 bits per heavy atom. The number of hydrogen-bond acceptors (Lipinski definition) is 10. The van der Waals surface area contributed by atoms with E-state index in [4.69, 9.17) is 16.6 Å². The molecular weight excluding hydrogens is 558 g/mol. The number of carboxylic acid groups (broad SMARTS) is 2. The molecule has 0 rings (SSSR count). The zero-order valence-electron chi connectivity index (χ0n) is 24.3. The number of nitrogens with one attached hydrogen (secondary N) is 5. The van der Waals surface area contributed by atoms with E-state index >= 15 is 0 Å². The van der Waals surface area contributed by atoms with Gasteiger partial charge in [0.2, 0.25) is 29.5 Å². The van der Waals surface area contributed by atoms with Gasteiger partial charge in [-0.1, -0.05) is 20.3 Å². The first-order chi connectivity index (χ1) is 19.5. The Balaban J connectivity index is 5.36. The van der Waals surface area contributed by atoms with Crippen molar-refractivity contribution >= 4 is 41.5 Å². The average molecular weight is 604 g/mol. The van der Waals surface area contributed by atoms with Gasteiger partial charge in [0.15, 0.2) is 0 Å². The standard InChI is InChI=1S/C25H45N7O10/c1-12(2)19(25(41)42)31-21(37)13(3)29-24(40)20(14(4)33)32-23(39)16(8-9-18(35)36)30-17(34)11-28-22(38)15(27)7-5-6-10-26/h12-16,19-20,33H,5-11,26-27H2,1-4H3,(H,28,38)(H,29,40)(H,30,34)(H,31,37)(H,32,39)(H,35,36)(H,41,42)/t13-,14+,15-,16-,19-,20-/m0/s1. The molecule has 0 aliphatic carbocycles. The van der Waals surface area contributed by atoms with Crippen molar-refractivity contribution in [3.8, 4) is 0 Å². The molecule has 5 amide bonds. The molecule has 0 unspecified atom stereocenters. The molecule has 240 valence electrons. The molecule has 42 heavy (non-hydrogen) atoms. The lowest BCUT2D eigenvalue weighted by atomic mass is 10.0. The second-order valence-corrected chi connectivity index (χ2v) is 10.2. The summed E-state index contributed by atoms with van der Waals surface area (Å²) in [6.45, 7) is 5.46. The average Bonchev–Trinajstić information content (AvgIpc) is 2.89. The van der Waals surface area contributed by atoms with Gasteiger partial charge in [-0.05, 0) is 45.6 Å². The summed E-state index contributed by atoms with van der Waals surface area (Å²) in [5.74, 6) is -7.30. The maximum absolute atomic E-state index is 12.9. The molecular formula is C25H45N7O10. The van der Waals surface area contributed by atoms with Crippen molar-refractivity contribution in [1.29, 1.82) is 0 Å². The Labute approximate surface area is 243 Å². The fourth-order valence-electron chi connectivity index (χ4n) is 3.54. The number of carbonyl (C=O) groups is 7. The molecule has 0 aliphatic heterocycles. The molecule has 17 heteroatoms. The second kappa shape index (κ2) is 19.3. The van der Waals surface area contributed by atoms with Gasteiger partial charge in [0, 0.05) is 6.42 Å². The molecule has 0 saturated heterocycles. The maximum atomic E-state index is 12.9. The lowest BCUT2D eigenvalue weighted by Crippen LogP contribution is -2.60. The van der Waals surface area contributed by atoms with Crippen molar-refractivity contribution in [2.24, 2.45) is 17.4 Å². The largest absolute Gasteiger partial charge is 0.481 e. The highest BCUT2D eigenvalue weighted by Gasteiger charge is 2.32. The molecule has 0 fully saturated rings. The number of amides is 5. The predicted octanol–water partition coefficient (Wildman–Crippen LogP) is -3.50. The molecule has 0 bridgehead atoms. The van der Waals surface area contributed by atoms with Gasteiger partial charge in [-0.25, -0.2) is 4.79 Å². The third-order valence-corrected chi connectivity index (χ3v) is 6.07. The van der Waals surface area contributed by atoms with Crippen LogP contribution in [0.25, 0.3) is 0 Å². The fraction of sp³-hybridized carbons (Fsp3) is 0.720. The van der Waals surface area contributed by atoms with Gasteiger partial charge in [-0.15, -0.1) is 0 Å². The quantitative estimate of drug-likeness (QED) is 0.0607. The minimum atomic E-state index is -1.64. The summed E-state index contributed by atoms with van der Waals surface area (Å²) in [6, 6.07) is -6.47. The minimum Gasteiger partial charge on any atom is -0.481 e. The number of rotatable bonds is 20. The number of aliphatic carboxylic acids is 2. The monoisotopic (exact) mass is 603 g/mol. The van der Waals surface area contributed by atoms with Crippen LogP contribution in [0.15, 0.2) is 0 Å². The molecule has 0 heterocycles. The predicted molar refractivity (Wildman–Crippen MR) is 148 cm³/mol. The molecule has 0 radical (unpaired) electrons. The van der Waals surface area contributed by atoms with Crippen molar-refractivity contribution in [3.05, 3.63) is 0 Å². The Bertz CT molecular complexity index is 960. The van der Waals surface area contributed by atoms with E-state index in [-0.39, 0.29) is 0 Å². The Kier molecular flexibility index (Phi) is 17.6. The van der Waals surface area contributed by atoms with E-state index in [0.29, 0.717) is 25.8 Å². The van der Waals surface area contributed by atoms with Crippen LogP contribution >= 0.6 is 0 Å². The van der Waals surface area contributed by atoms with E-state index in [1.54, 1.807) is 13.8 Å². The summed E-state index contributed by atoms with van der Waals surface area (Å²) in [5.41, 5.74) is 11.2. The summed E-state index contributed by atoms with van der Waals surface area (Å²) in [7, 11) is 0. The zero-order valence-corrected chi connectivity index (χ0v) is 24.3. The summed E-state index contributed by atoms with van der Waals surface area (Å²) in [5, 5.41) is 39.8. The van der Waals surface area contributed by atoms with Gasteiger partial charge in [0.05, 0.1) is 18.7 Å². The Morgan fingerprint density at radius 3 is 1.83 bits per heavy atom. The molecule has 0 saturated carbocycles. The van der Waals surface area contributed by atoms with Gasteiger partial charge < -0.3 is 53.4 Å². The van der Waals surface area contributed by atoms with Crippen LogP contribution in [0.2, 0.25) is 0 Å². The first-order valence-corrected chi connectivity index (χ1v) is 13.6. The SMILES string of the molecule is CC(C)[C@H](NC(=O)[C@H](C)NC(=O)[C@@H](NC(=O)[C@H](CCC(=O)O)NC(=O)CNC(=O)[C@@H](N)CCCCN)[C@@H](C)O)C(=O)O. The lowest BCUT2D eigenvalue weighted by molar-refractivity contribution is -0.143.